The molecule has 0 aliphatic rings. The summed E-state index contributed by atoms with van der Waals surface area (Å²) in [4.78, 5) is 4.18. The molecule has 0 unspecified atom stereocenters. The van der Waals surface area contributed by atoms with Gasteiger partial charge in [0, 0.05) is 17.6 Å². The Morgan fingerprint density at radius 2 is 2.25 bits per heavy atom. The molecule has 4 nitrogen and oxygen atoms in total. The molecule has 0 aliphatic heterocycles. The molecule has 2 N–H and O–H groups in total. The molecule has 1 aromatic heterocycles. The van der Waals surface area contributed by atoms with Crippen molar-refractivity contribution in [3.63, 3.8) is 0 Å². The highest BCUT2D eigenvalue weighted by Gasteiger charge is 2.04. The zero-order valence-electron chi connectivity index (χ0n) is 8.90. The minimum Gasteiger partial charge on any atom is -0.492 e. The largest absolute Gasteiger partial charge is 0.492 e. The van der Waals surface area contributed by atoms with Gasteiger partial charge in [-0.3, -0.25) is 4.98 Å². The lowest BCUT2D eigenvalue weighted by molar-refractivity contribution is 0.342. The van der Waals surface area contributed by atoms with Gasteiger partial charge in [0.15, 0.2) is 0 Å². The Hall–Kier alpha value is -2.28. The molecule has 0 aliphatic carbocycles. The van der Waals surface area contributed by atoms with Gasteiger partial charge in [-0.1, -0.05) is 0 Å². The van der Waals surface area contributed by atoms with Crippen LogP contribution in [0, 0.1) is 11.3 Å². The van der Waals surface area contributed by atoms with Crippen LogP contribution in [0.5, 0.6) is 5.75 Å². The number of benzene rings is 1. The number of nitrogens with zero attached hydrogens (tertiary/aromatic N) is 2. The second kappa shape index (κ2) is 4.07. The van der Waals surface area contributed by atoms with Crippen molar-refractivity contribution in [3.05, 3.63) is 30.0 Å². The molecule has 4 heteroatoms. The van der Waals surface area contributed by atoms with E-state index in [0.29, 0.717) is 23.6 Å². The monoisotopic (exact) mass is 213 g/mol. The third-order valence-electron chi connectivity index (χ3n) is 2.24. The topological polar surface area (TPSA) is 71.9 Å². The molecule has 2 rings (SSSR count). The number of anilines is 1. The summed E-state index contributed by atoms with van der Waals surface area (Å²) in [6, 6.07) is 7.36. The lowest BCUT2D eigenvalue weighted by Gasteiger charge is -2.07. The van der Waals surface area contributed by atoms with Crippen LogP contribution >= 0.6 is 0 Å². The molecule has 0 radical (unpaired) electrons. The lowest BCUT2D eigenvalue weighted by Crippen LogP contribution is -1.97. The summed E-state index contributed by atoms with van der Waals surface area (Å²) in [7, 11) is 0. The number of hydrogen-bond acceptors (Lipinski definition) is 4. The number of aromatic nitrogens is 1. The summed E-state index contributed by atoms with van der Waals surface area (Å²) in [5.74, 6) is 0.632. The number of hydrogen-bond donors (Lipinski definition) is 1. The average Bonchev–Trinajstić information content (AvgIpc) is 2.30. The predicted molar refractivity (Wildman–Crippen MR) is 62.0 cm³/mol. The highest BCUT2D eigenvalue weighted by atomic mass is 16.5. The van der Waals surface area contributed by atoms with E-state index in [1.165, 1.54) is 6.20 Å². The Morgan fingerprint density at radius 3 is 2.94 bits per heavy atom. The third kappa shape index (κ3) is 1.75. The van der Waals surface area contributed by atoms with Crippen LogP contribution in [-0.4, -0.2) is 11.6 Å². The smallest absolute Gasteiger partial charge is 0.144 e. The average molecular weight is 213 g/mol. The summed E-state index contributed by atoms with van der Waals surface area (Å²) in [5, 5.41) is 9.61. The number of nitrogens with two attached hydrogens (primary N) is 1. The molecule has 0 atom stereocenters. The predicted octanol–water partition coefficient (Wildman–Crippen LogP) is 2.09. The first kappa shape index (κ1) is 10.2. The van der Waals surface area contributed by atoms with Crippen LogP contribution in [0.4, 0.5) is 5.69 Å². The molecule has 0 amide bonds. The van der Waals surface area contributed by atoms with Crippen molar-refractivity contribution in [3.8, 4) is 11.8 Å². The van der Waals surface area contributed by atoms with E-state index < -0.39 is 0 Å². The highest BCUT2D eigenvalue weighted by Crippen LogP contribution is 2.27. The van der Waals surface area contributed by atoms with Crippen LogP contribution in [0.25, 0.3) is 10.9 Å². The number of fused-ring (bicyclic) bond motifs is 1. The van der Waals surface area contributed by atoms with Crippen LogP contribution in [-0.2, 0) is 0 Å². The van der Waals surface area contributed by atoms with Crippen LogP contribution < -0.4 is 10.5 Å². The van der Waals surface area contributed by atoms with E-state index in [2.05, 4.69) is 4.98 Å². The maximum absolute atomic E-state index is 8.76. The Balaban J connectivity index is 2.60. The fraction of sp³-hybridized carbons (Fsp3) is 0.167. The SMILES string of the molecule is CCOc1cc2ncc(C#N)cc2cc1N. The van der Waals surface area contributed by atoms with Crippen molar-refractivity contribution in [1.29, 1.82) is 5.26 Å². The summed E-state index contributed by atoms with van der Waals surface area (Å²) in [5.41, 5.74) is 7.69. The quantitative estimate of drug-likeness (QED) is 0.775. The zero-order chi connectivity index (χ0) is 11.5. The molecule has 0 spiro atoms. The van der Waals surface area contributed by atoms with Crippen molar-refractivity contribution in [2.75, 3.05) is 12.3 Å². The molecular formula is C12H11N3O. The summed E-state index contributed by atoms with van der Waals surface area (Å²) in [6.45, 7) is 2.46. The molecule has 0 saturated heterocycles. The number of nitriles is 1. The first-order valence-electron chi connectivity index (χ1n) is 4.96. The second-order valence-corrected chi connectivity index (χ2v) is 3.35. The van der Waals surface area contributed by atoms with E-state index in [1.54, 1.807) is 18.2 Å². The Kier molecular flexibility index (Phi) is 2.61. The van der Waals surface area contributed by atoms with Gasteiger partial charge in [-0.15, -0.1) is 0 Å². The lowest BCUT2D eigenvalue weighted by atomic mass is 10.1. The van der Waals surface area contributed by atoms with Gasteiger partial charge in [0.05, 0.1) is 23.4 Å². The van der Waals surface area contributed by atoms with Gasteiger partial charge < -0.3 is 10.5 Å². The second-order valence-electron chi connectivity index (χ2n) is 3.35. The molecule has 2 aromatic rings. The van der Waals surface area contributed by atoms with E-state index in [-0.39, 0.29) is 0 Å². The van der Waals surface area contributed by atoms with Gasteiger partial charge in [0.1, 0.15) is 11.8 Å². The molecule has 1 aromatic carbocycles. The van der Waals surface area contributed by atoms with Gasteiger partial charge in [-0.2, -0.15) is 5.26 Å². The standard InChI is InChI=1S/C12H11N3O/c1-2-16-12-5-11-9(4-10(12)14)3-8(6-13)7-15-11/h3-5,7H,2,14H2,1H3. The highest BCUT2D eigenvalue weighted by molar-refractivity contribution is 5.85. The van der Waals surface area contributed by atoms with Crippen molar-refractivity contribution in [1.82, 2.24) is 4.98 Å². The van der Waals surface area contributed by atoms with E-state index in [4.69, 9.17) is 15.7 Å². The Labute approximate surface area is 93.3 Å². The summed E-state index contributed by atoms with van der Waals surface area (Å²) >= 11 is 0. The van der Waals surface area contributed by atoms with Crippen molar-refractivity contribution in [2.45, 2.75) is 6.92 Å². The molecule has 80 valence electrons. The molecule has 1 heterocycles. The first-order chi connectivity index (χ1) is 7.74. The maximum atomic E-state index is 8.76. The van der Waals surface area contributed by atoms with E-state index in [1.807, 2.05) is 13.0 Å². The van der Waals surface area contributed by atoms with Gasteiger partial charge >= 0.3 is 0 Å². The first-order valence-corrected chi connectivity index (χ1v) is 4.96. The number of ether oxygens (including phenoxy) is 1. The minimum absolute atomic E-state index is 0.524. The van der Waals surface area contributed by atoms with Gasteiger partial charge in [0.25, 0.3) is 0 Å². The number of rotatable bonds is 2. The van der Waals surface area contributed by atoms with E-state index >= 15 is 0 Å². The van der Waals surface area contributed by atoms with Crippen molar-refractivity contribution < 1.29 is 4.74 Å². The normalized spacial score (nSPS) is 10.0. The molecule has 0 fully saturated rings. The summed E-state index contributed by atoms with van der Waals surface area (Å²) < 4.78 is 5.37. The minimum atomic E-state index is 0.524. The maximum Gasteiger partial charge on any atom is 0.144 e. The molecule has 0 bridgehead atoms. The summed E-state index contributed by atoms with van der Waals surface area (Å²) in [6.07, 6.45) is 1.54. The van der Waals surface area contributed by atoms with Crippen molar-refractivity contribution in [2.24, 2.45) is 0 Å². The third-order valence-corrected chi connectivity index (χ3v) is 2.24. The molecule has 0 saturated carbocycles. The van der Waals surface area contributed by atoms with Crippen molar-refractivity contribution >= 4 is 16.6 Å². The number of pyridine rings is 1. The van der Waals surface area contributed by atoms with Crippen LogP contribution in [0.15, 0.2) is 24.4 Å². The zero-order valence-corrected chi connectivity index (χ0v) is 8.90. The van der Waals surface area contributed by atoms with Crippen LogP contribution in [0.1, 0.15) is 12.5 Å². The van der Waals surface area contributed by atoms with E-state index in [9.17, 15) is 0 Å². The van der Waals surface area contributed by atoms with Crippen LogP contribution in [0.2, 0.25) is 0 Å². The Bertz CT molecular complexity index is 572. The van der Waals surface area contributed by atoms with Gasteiger partial charge in [-0.05, 0) is 19.1 Å². The number of nitrogen functional groups attached to an aromatic ring is 1. The van der Waals surface area contributed by atoms with Gasteiger partial charge in [-0.25, -0.2) is 0 Å². The van der Waals surface area contributed by atoms with Crippen LogP contribution in [0.3, 0.4) is 0 Å². The fourth-order valence-corrected chi connectivity index (χ4v) is 1.52. The Morgan fingerprint density at radius 1 is 1.44 bits per heavy atom. The fourth-order valence-electron chi connectivity index (χ4n) is 1.52. The molecular weight excluding hydrogens is 202 g/mol. The van der Waals surface area contributed by atoms with E-state index in [0.717, 1.165) is 10.9 Å². The molecule has 16 heavy (non-hydrogen) atoms. The van der Waals surface area contributed by atoms with Gasteiger partial charge in [0.2, 0.25) is 0 Å².